The fraction of sp³-hybridized carbons (Fsp3) is 0.556. The molecule has 3 heteroatoms. The molecule has 0 radical (unpaired) electrons. The normalized spacial score (nSPS) is 10.5. The fourth-order valence-electron chi connectivity index (χ4n) is 1.11. The highest BCUT2D eigenvalue weighted by Gasteiger charge is 1.97. The zero-order valence-electron chi connectivity index (χ0n) is 7.71. The van der Waals surface area contributed by atoms with Gasteiger partial charge < -0.3 is 14.6 Å². The quantitative estimate of drug-likeness (QED) is 0.715. The van der Waals surface area contributed by atoms with Gasteiger partial charge in [-0.2, -0.15) is 0 Å². The summed E-state index contributed by atoms with van der Waals surface area (Å²) >= 11 is 0. The van der Waals surface area contributed by atoms with Crippen molar-refractivity contribution in [3.05, 3.63) is 24.0 Å². The molecule has 12 heavy (non-hydrogen) atoms. The second-order valence-electron chi connectivity index (χ2n) is 2.62. The van der Waals surface area contributed by atoms with Gasteiger partial charge in [-0.15, -0.1) is 0 Å². The predicted molar refractivity (Wildman–Crippen MR) is 48.8 cm³/mol. The fourth-order valence-corrected chi connectivity index (χ4v) is 1.11. The molecule has 1 aromatic heterocycles. The highest BCUT2D eigenvalue weighted by atomic mass is 16.5. The molecule has 0 fully saturated rings. The summed E-state index contributed by atoms with van der Waals surface area (Å²) in [6.07, 6.45) is 2.03. The van der Waals surface area contributed by atoms with Gasteiger partial charge in [0, 0.05) is 25.0 Å². The summed E-state index contributed by atoms with van der Waals surface area (Å²) < 4.78 is 7.40. The molecule has 0 aliphatic heterocycles. The molecule has 68 valence electrons. The highest BCUT2D eigenvalue weighted by Crippen LogP contribution is 2.01. The summed E-state index contributed by atoms with van der Waals surface area (Å²) in [4.78, 5) is 0. The minimum Gasteiger partial charge on any atom is -0.361 e. The first-order valence-electron chi connectivity index (χ1n) is 4.24. The van der Waals surface area contributed by atoms with Crippen molar-refractivity contribution in [1.82, 2.24) is 9.88 Å². The minimum absolute atomic E-state index is 0.653. The largest absolute Gasteiger partial charge is 0.361 e. The standard InChI is InChI=1S/C9H16N2O/c1-3-12-8-11-6-4-5-9(11)7-10-2/h4-6,10H,3,7-8H2,1-2H3. The molecule has 0 unspecified atom stereocenters. The summed E-state index contributed by atoms with van der Waals surface area (Å²) in [5, 5.41) is 3.11. The Labute approximate surface area is 73.3 Å². The zero-order chi connectivity index (χ0) is 8.81. The maximum atomic E-state index is 5.30. The Morgan fingerprint density at radius 2 is 2.42 bits per heavy atom. The van der Waals surface area contributed by atoms with E-state index in [1.807, 2.05) is 26.2 Å². The average molecular weight is 168 g/mol. The van der Waals surface area contributed by atoms with Crippen molar-refractivity contribution in [2.24, 2.45) is 0 Å². The summed E-state index contributed by atoms with van der Waals surface area (Å²) in [6, 6.07) is 4.13. The molecule has 0 saturated carbocycles. The van der Waals surface area contributed by atoms with Gasteiger partial charge in [0.1, 0.15) is 6.73 Å². The Bertz CT molecular complexity index is 220. The van der Waals surface area contributed by atoms with E-state index in [2.05, 4.69) is 16.0 Å². The Hall–Kier alpha value is -0.800. The lowest BCUT2D eigenvalue weighted by Gasteiger charge is -2.07. The average Bonchev–Trinajstić information content (AvgIpc) is 2.50. The summed E-state index contributed by atoms with van der Waals surface area (Å²) in [7, 11) is 1.94. The van der Waals surface area contributed by atoms with E-state index < -0.39 is 0 Å². The molecule has 0 spiro atoms. The van der Waals surface area contributed by atoms with Crippen LogP contribution in [0.15, 0.2) is 18.3 Å². The number of hydrogen-bond donors (Lipinski definition) is 1. The first-order chi connectivity index (χ1) is 5.88. The third-order valence-electron chi connectivity index (χ3n) is 1.72. The number of aromatic nitrogens is 1. The Balaban J connectivity index is 2.51. The molecular weight excluding hydrogens is 152 g/mol. The predicted octanol–water partition coefficient (Wildman–Crippen LogP) is 1.20. The molecule has 0 aliphatic carbocycles. The van der Waals surface area contributed by atoms with Crippen molar-refractivity contribution in [3.8, 4) is 0 Å². The van der Waals surface area contributed by atoms with Gasteiger partial charge in [0.2, 0.25) is 0 Å². The molecule has 0 saturated heterocycles. The van der Waals surface area contributed by atoms with E-state index in [0.717, 1.165) is 13.2 Å². The van der Waals surface area contributed by atoms with E-state index in [0.29, 0.717) is 6.73 Å². The second kappa shape index (κ2) is 4.95. The number of nitrogens with zero attached hydrogens (tertiary/aromatic N) is 1. The molecule has 0 bridgehead atoms. The molecule has 0 aliphatic rings. The monoisotopic (exact) mass is 168 g/mol. The topological polar surface area (TPSA) is 26.2 Å². The zero-order valence-corrected chi connectivity index (χ0v) is 7.71. The van der Waals surface area contributed by atoms with E-state index in [9.17, 15) is 0 Å². The summed E-state index contributed by atoms with van der Waals surface area (Å²) in [5.41, 5.74) is 1.26. The van der Waals surface area contributed by atoms with Crippen LogP contribution in [0, 0.1) is 0 Å². The lowest BCUT2D eigenvalue weighted by Crippen LogP contribution is -2.12. The van der Waals surface area contributed by atoms with Crippen LogP contribution in [0.5, 0.6) is 0 Å². The van der Waals surface area contributed by atoms with Gasteiger partial charge in [0.05, 0.1) is 0 Å². The van der Waals surface area contributed by atoms with Crippen LogP contribution in [0.3, 0.4) is 0 Å². The minimum atomic E-state index is 0.653. The van der Waals surface area contributed by atoms with Crippen LogP contribution in [0.2, 0.25) is 0 Å². The van der Waals surface area contributed by atoms with E-state index in [4.69, 9.17) is 4.74 Å². The Morgan fingerprint density at radius 3 is 3.08 bits per heavy atom. The number of nitrogens with one attached hydrogen (secondary N) is 1. The molecule has 1 rings (SSSR count). The number of hydrogen-bond acceptors (Lipinski definition) is 2. The van der Waals surface area contributed by atoms with Crippen LogP contribution in [-0.4, -0.2) is 18.2 Å². The van der Waals surface area contributed by atoms with Crippen molar-refractivity contribution in [3.63, 3.8) is 0 Å². The molecule has 1 N–H and O–H groups in total. The van der Waals surface area contributed by atoms with Crippen LogP contribution < -0.4 is 5.32 Å². The maximum absolute atomic E-state index is 5.30. The maximum Gasteiger partial charge on any atom is 0.122 e. The summed E-state index contributed by atoms with van der Waals surface area (Å²) in [6.45, 7) is 4.30. The van der Waals surface area contributed by atoms with Crippen molar-refractivity contribution in [2.45, 2.75) is 20.2 Å². The Kier molecular flexibility index (Phi) is 3.84. The first kappa shape index (κ1) is 9.29. The van der Waals surface area contributed by atoms with Crippen molar-refractivity contribution in [2.75, 3.05) is 13.7 Å². The Morgan fingerprint density at radius 1 is 1.58 bits per heavy atom. The molecule has 1 aromatic rings. The van der Waals surface area contributed by atoms with E-state index in [1.165, 1.54) is 5.69 Å². The van der Waals surface area contributed by atoms with Gasteiger partial charge in [0.25, 0.3) is 0 Å². The number of rotatable bonds is 5. The lowest BCUT2D eigenvalue weighted by atomic mass is 10.4. The molecule has 0 atom stereocenters. The van der Waals surface area contributed by atoms with E-state index in [1.54, 1.807) is 0 Å². The number of ether oxygens (including phenoxy) is 1. The van der Waals surface area contributed by atoms with Crippen LogP contribution in [0.1, 0.15) is 12.6 Å². The molecule has 0 amide bonds. The van der Waals surface area contributed by atoms with Crippen molar-refractivity contribution in [1.29, 1.82) is 0 Å². The van der Waals surface area contributed by atoms with Gasteiger partial charge in [-0.25, -0.2) is 0 Å². The molecule has 3 nitrogen and oxygen atoms in total. The highest BCUT2D eigenvalue weighted by molar-refractivity contribution is 5.06. The van der Waals surface area contributed by atoms with Gasteiger partial charge >= 0.3 is 0 Å². The molecular formula is C9H16N2O. The van der Waals surface area contributed by atoms with Crippen molar-refractivity contribution >= 4 is 0 Å². The third kappa shape index (κ3) is 2.36. The van der Waals surface area contributed by atoms with Gasteiger partial charge in [-0.1, -0.05) is 0 Å². The van der Waals surface area contributed by atoms with Crippen LogP contribution in [0.4, 0.5) is 0 Å². The van der Waals surface area contributed by atoms with Gasteiger partial charge in [-0.05, 0) is 26.1 Å². The smallest absolute Gasteiger partial charge is 0.122 e. The summed E-state index contributed by atoms with van der Waals surface area (Å²) in [5.74, 6) is 0. The van der Waals surface area contributed by atoms with Crippen molar-refractivity contribution < 1.29 is 4.74 Å². The van der Waals surface area contributed by atoms with Gasteiger partial charge in [0.15, 0.2) is 0 Å². The lowest BCUT2D eigenvalue weighted by molar-refractivity contribution is 0.0861. The van der Waals surface area contributed by atoms with E-state index >= 15 is 0 Å². The van der Waals surface area contributed by atoms with E-state index in [-0.39, 0.29) is 0 Å². The van der Waals surface area contributed by atoms with Crippen LogP contribution in [0.25, 0.3) is 0 Å². The van der Waals surface area contributed by atoms with Crippen LogP contribution in [-0.2, 0) is 18.0 Å². The third-order valence-corrected chi connectivity index (χ3v) is 1.72. The SMILES string of the molecule is CCOCn1cccc1CNC. The van der Waals surface area contributed by atoms with Gasteiger partial charge in [-0.3, -0.25) is 0 Å². The molecule has 0 aromatic carbocycles. The molecule has 1 heterocycles. The second-order valence-corrected chi connectivity index (χ2v) is 2.62. The first-order valence-corrected chi connectivity index (χ1v) is 4.24. The van der Waals surface area contributed by atoms with Crippen LogP contribution >= 0.6 is 0 Å².